The molecule has 1 amide bonds. The average molecular weight is 299 g/mol. The number of carbonyl (C=O) groups is 1. The summed E-state index contributed by atoms with van der Waals surface area (Å²) in [6.45, 7) is -0.287. The summed E-state index contributed by atoms with van der Waals surface area (Å²) in [5, 5.41) is 2.70. The Labute approximate surface area is 117 Å². The van der Waals surface area contributed by atoms with E-state index in [-0.39, 0.29) is 29.1 Å². The number of amides is 1. The molecule has 1 aliphatic rings. The van der Waals surface area contributed by atoms with Crippen LogP contribution in [0.5, 0.6) is 5.75 Å². The maximum atomic E-state index is 12.0. The second kappa shape index (κ2) is 5.68. The third-order valence-corrected chi connectivity index (χ3v) is 4.28. The van der Waals surface area contributed by atoms with Crippen LogP contribution in [0.15, 0.2) is 23.1 Å². The SMILES string of the molecule is COc1ccc(S(=O)(=O)NCC(=O)NC2CC2)cc1N. The number of nitrogen functional groups attached to an aromatic ring is 1. The van der Waals surface area contributed by atoms with Gasteiger partial charge in [0, 0.05) is 6.04 Å². The molecule has 1 fully saturated rings. The van der Waals surface area contributed by atoms with Crippen LogP contribution < -0.4 is 20.5 Å². The Morgan fingerprint density at radius 2 is 2.15 bits per heavy atom. The molecule has 0 unspecified atom stereocenters. The number of rotatable bonds is 6. The van der Waals surface area contributed by atoms with Crippen molar-refractivity contribution < 1.29 is 17.9 Å². The van der Waals surface area contributed by atoms with Gasteiger partial charge in [-0.05, 0) is 31.0 Å². The Kier molecular flexibility index (Phi) is 4.15. The van der Waals surface area contributed by atoms with E-state index in [1.54, 1.807) is 0 Å². The third-order valence-electron chi connectivity index (χ3n) is 2.88. The molecule has 1 saturated carbocycles. The first kappa shape index (κ1) is 14.6. The van der Waals surface area contributed by atoms with Gasteiger partial charge in [-0.15, -0.1) is 0 Å². The zero-order chi connectivity index (χ0) is 14.8. The summed E-state index contributed by atoms with van der Waals surface area (Å²) in [6, 6.07) is 4.33. The number of hydrogen-bond donors (Lipinski definition) is 3. The Morgan fingerprint density at radius 1 is 1.45 bits per heavy atom. The molecular weight excluding hydrogens is 282 g/mol. The molecule has 0 heterocycles. The van der Waals surface area contributed by atoms with Crippen molar-refractivity contribution >= 4 is 21.6 Å². The minimum atomic E-state index is -3.76. The highest BCUT2D eigenvalue weighted by Crippen LogP contribution is 2.24. The molecule has 0 spiro atoms. The molecule has 1 aromatic rings. The monoisotopic (exact) mass is 299 g/mol. The summed E-state index contributed by atoms with van der Waals surface area (Å²) >= 11 is 0. The second-order valence-corrected chi connectivity index (χ2v) is 6.34. The molecule has 0 saturated heterocycles. The standard InChI is InChI=1S/C12H17N3O4S/c1-19-11-5-4-9(6-10(11)13)20(17,18)14-7-12(16)15-8-2-3-8/h4-6,8,14H,2-3,7,13H2,1H3,(H,15,16). The van der Waals surface area contributed by atoms with Crippen molar-refractivity contribution in [2.45, 2.75) is 23.8 Å². The summed E-state index contributed by atoms with van der Waals surface area (Å²) < 4.78 is 31.2. The molecule has 1 aromatic carbocycles. The third kappa shape index (κ3) is 3.61. The van der Waals surface area contributed by atoms with E-state index in [2.05, 4.69) is 10.0 Å². The predicted molar refractivity (Wildman–Crippen MR) is 73.8 cm³/mol. The van der Waals surface area contributed by atoms with Crippen LogP contribution in [-0.2, 0) is 14.8 Å². The van der Waals surface area contributed by atoms with Crippen molar-refractivity contribution in [3.05, 3.63) is 18.2 Å². The van der Waals surface area contributed by atoms with Gasteiger partial charge in [-0.3, -0.25) is 4.79 Å². The van der Waals surface area contributed by atoms with Crippen molar-refractivity contribution in [1.82, 2.24) is 10.0 Å². The first-order chi connectivity index (χ1) is 9.42. The molecule has 7 nitrogen and oxygen atoms in total. The average Bonchev–Trinajstić information content (AvgIpc) is 3.20. The molecule has 110 valence electrons. The normalized spacial score (nSPS) is 14.8. The van der Waals surface area contributed by atoms with E-state index in [4.69, 9.17) is 10.5 Å². The maximum Gasteiger partial charge on any atom is 0.241 e. The summed E-state index contributed by atoms with van der Waals surface area (Å²) in [4.78, 5) is 11.5. The van der Waals surface area contributed by atoms with Gasteiger partial charge in [0.05, 0.1) is 24.2 Å². The number of carbonyl (C=O) groups excluding carboxylic acids is 1. The van der Waals surface area contributed by atoms with Gasteiger partial charge in [0.15, 0.2) is 0 Å². The number of ether oxygens (including phenoxy) is 1. The fourth-order valence-corrected chi connectivity index (χ4v) is 2.65. The van der Waals surface area contributed by atoms with Crippen LogP contribution in [0.4, 0.5) is 5.69 Å². The largest absolute Gasteiger partial charge is 0.495 e. The van der Waals surface area contributed by atoms with E-state index >= 15 is 0 Å². The number of hydrogen-bond acceptors (Lipinski definition) is 5. The topological polar surface area (TPSA) is 111 Å². The number of nitrogens with two attached hydrogens (primary N) is 1. The lowest BCUT2D eigenvalue weighted by atomic mass is 10.3. The molecule has 0 aliphatic heterocycles. The van der Waals surface area contributed by atoms with Crippen molar-refractivity contribution in [3.63, 3.8) is 0 Å². The van der Waals surface area contributed by atoms with E-state index in [9.17, 15) is 13.2 Å². The van der Waals surface area contributed by atoms with Crippen LogP contribution >= 0.6 is 0 Å². The first-order valence-electron chi connectivity index (χ1n) is 6.15. The number of nitrogens with one attached hydrogen (secondary N) is 2. The molecule has 4 N–H and O–H groups in total. The van der Waals surface area contributed by atoms with Gasteiger partial charge in [0.1, 0.15) is 5.75 Å². The summed E-state index contributed by atoms with van der Waals surface area (Å²) in [6.07, 6.45) is 1.90. The van der Waals surface area contributed by atoms with Crippen molar-refractivity contribution in [3.8, 4) is 5.75 Å². The van der Waals surface area contributed by atoms with Gasteiger partial charge >= 0.3 is 0 Å². The summed E-state index contributed by atoms with van der Waals surface area (Å²) in [5.74, 6) is 0.0629. The predicted octanol–water partition coefficient (Wildman–Crippen LogP) is -0.166. The van der Waals surface area contributed by atoms with Gasteiger partial charge in [-0.2, -0.15) is 0 Å². The zero-order valence-electron chi connectivity index (χ0n) is 11.0. The molecule has 1 aliphatic carbocycles. The van der Waals surface area contributed by atoms with Crippen molar-refractivity contribution in [2.24, 2.45) is 0 Å². The van der Waals surface area contributed by atoms with Crippen LogP contribution in [0, 0.1) is 0 Å². The van der Waals surface area contributed by atoms with Crippen molar-refractivity contribution in [2.75, 3.05) is 19.4 Å². The smallest absolute Gasteiger partial charge is 0.241 e. The fraction of sp³-hybridized carbons (Fsp3) is 0.417. The van der Waals surface area contributed by atoms with E-state index < -0.39 is 10.0 Å². The van der Waals surface area contributed by atoms with Crippen LogP contribution in [0.3, 0.4) is 0 Å². The summed E-state index contributed by atoms with van der Waals surface area (Å²) in [7, 11) is -2.32. The molecule has 0 radical (unpaired) electrons. The Morgan fingerprint density at radius 3 is 2.70 bits per heavy atom. The molecule has 0 bridgehead atoms. The van der Waals surface area contributed by atoms with Gasteiger partial charge in [0.25, 0.3) is 0 Å². The van der Waals surface area contributed by atoms with E-state index in [0.717, 1.165) is 12.8 Å². The minimum Gasteiger partial charge on any atom is -0.495 e. The van der Waals surface area contributed by atoms with Gasteiger partial charge in [0.2, 0.25) is 15.9 Å². The van der Waals surface area contributed by atoms with Crippen LogP contribution in [0.25, 0.3) is 0 Å². The van der Waals surface area contributed by atoms with Gasteiger partial charge in [-0.25, -0.2) is 13.1 Å². The van der Waals surface area contributed by atoms with Crippen LogP contribution in [-0.4, -0.2) is 34.0 Å². The van der Waals surface area contributed by atoms with E-state index in [1.807, 2.05) is 0 Å². The first-order valence-corrected chi connectivity index (χ1v) is 7.63. The van der Waals surface area contributed by atoms with E-state index in [0.29, 0.717) is 5.75 Å². The lowest BCUT2D eigenvalue weighted by Crippen LogP contribution is -2.37. The molecule has 2 rings (SSSR count). The minimum absolute atomic E-state index is 0.00461. The molecule has 0 atom stereocenters. The van der Waals surface area contributed by atoms with Gasteiger partial charge in [-0.1, -0.05) is 0 Å². The van der Waals surface area contributed by atoms with Crippen LogP contribution in [0.2, 0.25) is 0 Å². The highest BCUT2D eigenvalue weighted by molar-refractivity contribution is 7.89. The molecule has 8 heteroatoms. The highest BCUT2D eigenvalue weighted by Gasteiger charge is 2.24. The Balaban J connectivity index is 2.01. The second-order valence-electron chi connectivity index (χ2n) is 4.57. The number of sulfonamides is 1. The number of methoxy groups -OCH3 is 1. The Hall–Kier alpha value is -1.80. The Bertz CT molecular complexity index is 611. The van der Waals surface area contributed by atoms with Gasteiger partial charge < -0.3 is 15.8 Å². The van der Waals surface area contributed by atoms with Crippen LogP contribution in [0.1, 0.15) is 12.8 Å². The lowest BCUT2D eigenvalue weighted by molar-refractivity contribution is -0.120. The fourth-order valence-electron chi connectivity index (χ4n) is 1.63. The van der Waals surface area contributed by atoms with Crippen molar-refractivity contribution in [1.29, 1.82) is 0 Å². The summed E-state index contributed by atoms with van der Waals surface area (Å²) in [5.41, 5.74) is 5.88. The molecule has 20 heavy (non-hydrogen) atoms. The number of benzene rings is 1. The molecular formula is C12H17N3O4S. The maximum absolute atomic E-state index is 12.0. The van der Waals surface area contributed by atoms with E-state index in [1.165, 1.54) is 25.3 Å². The lowest BCUT2D eigenvalue weighted by Gasteiger charge is -2.09. The number of anilines is 1. The molecule has 0 aromatic heterocycles. The quantitative estimate of drug-likeness (QED) is 0.632. The highest BCUT2D eigenvalue weighted by atomic mass is 32.2. The zero-order valence-corrected chi connectivity index (χ0v) is 11.9.